The monoisotopic (exact) mass is 1500 g/mol. The molecule has 24 rings (SSSR count). The Kier molecular flexibility index (Phi) is 8.48. The van der Waals surface area contributed by atoms with Crippen LogP contribution < -0.4 is 0 Å². The first-order chi connectivity index (χ1) is 72.3. The topological polar surface area (TPSA) is 140 Å². The minimum absolute atomic E-state index is 0.00853. The van der Waals surface area contributed by atoms with Crippen molar-refractivity contribution in [2.45, 2.75) is 0 Å². The van der Waals surface area contributed by atoms with Crippen LogP contribution in [0.15, 0.2) is 381 Å². The highest BCUT2D eigenvalue weighted by atomic mass is 16.3. The highest BCUT2D eigenvalue weighted by molar-refractivity contribution is 6.30. The molecular weight excluding hydrogens is 1400 g/mol. The molecule has 16 aromatic carbocycles. The van der Waals surface area contributed by atoms with E-state index in [4.69, 9.17) is 86.0 Å². The highest BCUT2D eigenvalue weighted by Crippen LogP contribution is 2.49. The minimum atomic E-state index is -0.779. The lowest BCUT2D eigenvalue weighted by Gasteiger charge is -2.12. The van der Waals surface area contributed by atoms with Crippen molar-refractivity contribution in [1.29, 1.82) is 0 Å². The summed E-state index contributed by atoms with van der Waals surface area (Å²) in [7, 11) is 0. The van der Waals surface area contributed by atoms with E-state index in [1.807, 2.05) is 0 Å². The molecule has 0 aliphatic carbocycles. The maximum absolute atomic E-state index is 9.98. The van der Waals surface area contributed by atoms with Crippen molar-refractivity contribution in [2.24, 2.45) is 0 Å². The number of aromatic nitrogens is 8. The summed E-state index contributed by atoms with van der Waals surface area (Å²) < 4.78 is 366. The SMILES string of the molecule is [2H]c1c([2H])c([2H])c(-c2c([2H])c([2H])c([2H])c3oc4c([2H])c(-c5nc(-c6ccccc6)nc(-n6c7c([2H])c([2H])c([2H])c([2H])c7c7c([2H])c(-c8ccccc8)c8oc9c([2H])c([2H])c([2H])c([2H])c9c8c76)n5)c([2H])c([2H])c4c23)c([2H])c1[2H].[2H]c1c([2H])c([2H])c(-c2nc(-c3ccc4c(c3)oc3cccc(-c5c([2H])c([2H])c([2H])c([2H])c5[2H])c34)nc(-n3c4c([2H])c([2H])c([2H])c([2H])c4c4c(-c5ccccc5)cc5oc6c([2H])c([2H])c([2H])c([2H])c6c5c43)n2)c([2H])c1[2H]. The van der Waals surface area contributed by atoms with Gasteiger partial charge in [-0.3, -0.25) is 9.13 Å². The van der Waals surface area contributed by atoms with E-state index >= 15 is 0 Å². The van der Waals surface area contributed by atoms with E-state index in [9.17, 15) is 13.7 Å². The first-order valence-corrected chi connectivity index (χ1v) is 34.9. The van der Waals surface area contributed by atoms with Crippen molar-refractivity contribution >= 4 is 131 Å². The molecule has 12 heteroatoms. The van der Waals surface area contributed by atoms with Crippen molar-refractivity contribution < 1.29 is 69.8 Å². The summed E-state index contributed by atoms with van der Waals surface area (Å²) in [6.07, 6.45) is 0. The van der Waals surface area contributed by atoms with Crippen LogP contribution in [0.25, 0.3) is 233 Å². The van der Waals surface area contributed by atoms with Gasteiger partial charge >= 0.3 is 0 Å². The van der Waals surface area contributed by atoms with E-state index in [1.165, 1.54) is 15.2 Å². The summed E-state index contributed by atoms with van der Waals surface area (Å²) in [5, 5.41) is -0.361. The number of hydrogen-bond donors (Lipinski definition) is 0. The average molecular weight is 1500 g/mol. The molecule has 0 saturated heterocycles. The van der Waals surface area contributed by atoms with Gasteiger partial charge in [-0.2, -0.15) is 19.9 Å². The fourth-order valence-corrected chi connectivity index (χ4v) is 14.7. The van der Waals surface area contributed by atoms with Crippen LogP contribution in [0, 0.1) is 0 Å². The summed E-state index contributed by atoms with van der Waals surface area (Å²) in [5.74, 6) is -2.22. The summed E-state index contributed by atoms with van der Waals surface area (Å²) in [6, 6.07) is 12.5. The van der Waals surface area contributed by atoms with Gasteiger partial charge in [-0.05, 0) is 112 Å². The van der Waals surface area contributed by atoms with Gasteiger partial charge in [0, 0.05) is 81.7 Å². The van der Waals surface area contributed by atoms with Gasteiger partial charge in [0.25, 0.3) is 0 Å². The first-order valence-electron chi connectivity index (χ1n) is 53.9. The van der Waals surface area contributed by atoms with Gasteiger partial charge in [0.1, 0.15) is 44.7 Å². The Bertz CT molecular complexity index is 10400. The lowest BCUT2D eigenvalue weighted by atomic mass is 9.97. The number of hydrogen-bond acceptors (Lipinski definition) is 10. The standard InChI is InChI=1S/2C51H30N4O2/c1-4-15-31(16-5-1)35-23-14-26-43-45(35)38-28-27-34(29-44(38)56-43)50-52-49(33-19-8-3-9-20-33)53-51(54-50)55-41-24-12-10-21-36(41)40-30-39(32-17-6-2-7-18-32)48-46(47(40)55)37-22-11-13-25-42(37)57-48;1-4-15-31(16-5-1)35-23-14-26-42-45(35)38-28-27-34(29-43(38)57-42)50-52-49(33-19-8-3-9-20-33)53-51(54-50)55-40-24-12-10-21-36(40)46-39(32-17-6-2-7-18-32)30-44-47(48(46)55)37-22-11-13-25-41(37)56-44/h2*1-30H/i1D,4D,5D,10D,11D,12D,13D,14D,15D,16D,21D,22D,23D,24D,25D,26D,27D,28D,29D,30D;1D,3D,4D,5D,8D,9D,10D,11D,12D,13D,15D,16D,19D,20D,21D,22D,24D,25D. The zero-order chi connectivity index (χ0) is 108. The second-order valence-corrected chi connectivity index (χ2v) is 25.8. The number of para-hydroxylation sites is 4. The molecule has 0 bridgehead atoms. The minimum Gasteiger partial charge on any atom is -0.456 e. The van der Waals surface area contributed by atoms with E-state index in [0.717, 1.165) is 0 Å². The third kappa shape index (κ3) is 10.4. The Morgan fingerprint density at radius 3 is 1.43 bits per heavy atom. The van der Waals surface area contributed by atoms with Crippen LogP contribution in [0.5, 0.6) is 0 Å². The normalized spacial score (nSPS) is 16.5. The molecule has 0 N–H and O–H groups in total. The van der Waals surface area contributed by atoms with Gasteiger partial charge in [-0.25, -0.2) is 9.97 Å². The predicted molar refractivity (Wildman–Crippen MR) is 461 cm³/mol. The second kappa shape index (κ2) is 26.0. The maximum atomic E-state index is 9.98. The van der Waals surface area contributed by atoms with Gasteiger partial charge in [0.05, 0.1) is 84.9 Å². The van der Waals surface area contributed by atoms with Gasteiger partial charge < -0.3 is 17.7 Å². The van der Waals surface area contributed by atoms with E-state index in [2.05, 4.69) is 0 Å². The fraction of sp³-hybridized carbons (Fsp3) is 0. The number of fused-ring (bicyclic) bond motifs is 20. The van der Waals surface area contributed by atoms with Crippen LogP contribution in [0.4, 0.5) is 0 Å². The Balaban J connectivity index is 0.000000166. The molecule has 0 aliphatic rings. The second-order valence-electron chi connectivity index (χ2n) is 25.8. The molecule has 8 aromatic heterocycles. The molecule has 24 aromatic rings. The van der Waals surface area contributed by atoms with Crippen molar-refractivity contribution in [3.05, 3.63) is 363 Å². The zero-order valence-electron chi connectivity index (χ0n) is 95.9. The van der Waals surface area contributed by atoms with Crippen LogP contribution in [0.3, 0.4) is 0 Å². The fourth-order valence-electron chi connectivity index (χ4n) is 14.7. The van der Waals surface area contributed by atoms with Crippen LogP contribution in [-0.2, 0) is 0 Å². The van der Waals surface area contributed by atoms with Gasteiger partial charge in [-0.1, -0.05) is 290 Å². The van der Waals surface area contributed by atoms with Crippen LogP contribution in [0.1, 0.15) is 52.1 Å². The Labute approximate surface area is 703 Å². The lowest BCUT2D eigenvalue weighted by molar-refractivity contribution is 0.668. The molecule has 0 radical (unpaired) electrons. The van der Waals surface area contributed by atoms with Crippen molar-refractivity contribution in [3.63, 3.8) is 0 Å². The maximum Gasteiger partial charge on any atom is 0.238 e. The number of furan rings is 4. The third-order valence-corrected chi connectivity index (χ3v) is 19.5. The lowest BCUT2D eigenvalue weighted by Crippen LogP contribution is -2.06. The Morgan fingerprint density at radius 2 is 0.737 bits per heavy atom. The molecule has 12 nitrogen and oxygen atoms in total. The predicted octanol–water partition coefficient (Wildman–Crippen LogP) is 26.9. The van der Waals surface area contributed by atoms with Crippen molar-refractivity contribution in [2.75, 3.05) is 0 Å². The number of benzene rings is 16. The summed E-state index contributed by atoms with van der Waals surface area (Å²) in [6.45, 7) is 0. The first kappa shape index (κ1) is 37.2. The number of nitrogens with zero attached hydrogens (tertiary/aromatic N) is 8. The van der Waals surface area contributed by atoms with Crippen LogP contribution in [0.2, 0.25) is 0 Å². The zero-order valence-corrected chi connectivity index (χ0v) is 57.9. The molecule has 0 spiro atoms. The molecule has 114 heavy (non-hydrogen) atoms. The molecule has 532 valence electrons. The molecular formula is C102H60N8O4. The molecule has 0 atom stereocenters. The van der Waals surface area contributed by atoms with E-state index in [0.29, 0.717) is 33.0 Å². The molecule has 0 saturated carbocycles. The number of rotatable bonds is 10. The summed E-state index contributed by atoms with van der Waals surface area (Å²) in [5.41, 5.74) is -1.70. The molecule has 0 amide bonds. The summed E-state index contributed by atoms with van der Waals surface area (Å²) in [4.78, 5) is 28.8. The van der Waals surface area contributed by atoms with E-state index in [1.54, 1.807) is 127 Å². The van der Waals surface area contributed by atoms with Gasteiger partial charge in [0.2, 0.25) is 11.9 Å². The van der Waals surface area contributed by atoms with Crippen LogP contribution >= 0.6 is 0 Å². The summed E-state index contributed by atoms with van der Waals surface area (Å²) >= 11 is 0. The van der Waals surface area contributed by atoms with Gasteiger partial charge in [-0.15, -0.1) is 0 Å². The highest BCUT2D eigenvalue weighted by Gasteiger charge is 2.29. The van der Waals surface area contributed by atoms with Crippen molar-refractivity contribution in [1.82, 2.24) is 39.0 Å². The quantitative estimate of drug-likeness (QED) is 0.130. The average Bonchev–Trinajstić information content (AvgIpc) is 1.52. The third-order valence-electron chi connectivity index (χ3n) is 19.5. The Morgan fingerprint density at radius 1 is 0.228 bits per heavy atom. The molecule has 0 aliphatic heterocycles. The smallest absolute Gasteiger partial charge is 0.238 e. The molecule has 0 fully saturated rings. The van der Waals surface area contributed by atoms with Crippen molar-refractivity contribution in [3.8, 4) is 102 Å². The molecule has 8 heterocycles. The van der Waals surface area contributed by atoms with Crippen LogP contribution in [-0.4, -0.2) is 39.0 Å². The van der Waals surface area contributed by atoms with Gasteiger partial charge in [0.15, 0.2) is 23.3 Å². The Hall–Kier alpha value is -15.7. The van der Waals surface area contributed by atoms with E-state index in [-0.39, 0.29) is 149 Å². The van der Waals surface area contributed by atoms with E-state index < -0.39 is 281 Å². The largest absolute Gasteiger partial charge is 0.456 e. The molecule has 0 unspecified atom stereocenters.